The number of amides is 1. The van der Waals surface area contributed by atoms with Gasteiger partial charge in [-0.1, -0.05) is 17.7 Å². The molecule has 8 heteroatoms. The number of rotatable bonds is 7. The standard InChI is InChI=1S/C16H24N2O5S/c1-13-3-5-15(6-4-13)23-12-16(19)17-7-10-24(20,21)18-8-9-22-14(2)11-18/h3-6,14H,7-12H2,1-2H3,(H,17,19). The zero-order chi connectivity index (χ0) is 17.6. The van der Waals surface area contributed by atoms with Gasteiger partial charge in [-0.2, -0.15) is 4.31 Å². The maximum atomic E-state index is 12.2. The van der Waals surface area contributed by atoms with Crippen molar-refractivity contribution in [3.63, 3.8) is 0 Å². The summed E-state index contributed by atoms with van der Waals surface area (Å²) in [6.07, 6.45) is -0.106. The molecule has 1 fully saturated rings. The topological polar surface area (TPSA) is 84.9 Å². The van der Waals surface area contributed by atoms with Gasteiger partial charge >= 0.3 is 0 Å². The first-order valence-corrected chi connectivity index (χ1v) is 9.53. The minimum absolute atomic E-state index is 0.0597. The SMILES string of the molecule is Cc1ccc(OCC(=O)NCCS(=O)(=O)N2CCOC(C)C2)cc1. The normalized spacial score (nSPS) is 19.0. The molecule has 24 heavy (non-hydrogen) atoms. The summed E-state index contributed by atoms with van der Waals surface area (Å²) in [4.78, 5) is 11.7. The Morgan fingerprint density at radius 3 is 2.75 bits per heavy atom. The molecule has 0 aliphatic carbocycles. The van der Waals surface area contributed by atoms with Gasteiger partial charge in [0.25, 0.3) is 5.91 Å². The van der Waals surface area contributed by atoms with E-state index in [4.69, 9.17) is 9.47 Å². The van der Waals surface area contributed by atoms with Crippen molar-refractivity contribution in [2.24, 2.45) is 0 Å². The fourth-order valence-corrected chi connectivity index (χ4v) is 3.73. The van der Waals surface area contributed by atoms with E-state index in [-0.39, 0.29) is 30.9 Å². The maximum Gasteiger partial charge on any atom is 0.257 e. The van der Waals surface area contributed by atoms with Crippen molar-refractivity contribution in [1.82, 2.24) is 9.62 Å². The zero-order valence-electron chi connectivity index (χ0n) is 14.0. The average Bonchev–Trinajstić information content (AvgIpc) is 2.54. The van der Waals surface area contributed by atoms with Crippen LogP contribution >= 0.6 is 0 Å². The largest absolute Gasteiger partial charge is 0.484 e. The predicted molar refractivity (Wildman–Crippen MR) is 90.5 cm³/mol. The molecule has 1 atom stereocenters. The molecule has 0 bridgehead atoms. The lowest BCUT2D eigenvalue weighted by molar-refractivity contribution is -0.122. The Hall–Kier alpha value is -1.64. The lowest BCUT2D eigenvalue weighted by Crippen LogP contribution is -2.46. The molecule has 0 saturated carbocycles. The lowest BCUT2D eigenvalue weighted by Gasteiger charge is -2.30. The third-order valence-corrected chi connectivity index (χ3v) is 5.51. The molecular weight excluding hydrogens is 332 g/mol. The highest BCUT2D eigenvalue weighted by Crippen LogP contribution is 2.11. The fourth-order valence-electron chi connectivity index (χ4n) is 2.32. The van der Waals surface area contributed by atoms with Crippen LogP contribution in [0.1, 0.15) is 12.5 Å². The molecule has 1 heterocycles. The molecule has 1 aliphatic heterocycles. The molecule has 1 aromatic rings. The first kappa shape index (κ1) is 18.7. The summed E-state index contributed by atoms with van der Waals surface area (Å²) in [6, 6.07) is 7.35. The lowest BCUT2D eigenvalue weighted by atomic mass is 10.2. The van der Waals surface area contributed by atoms with Gasteiger partial charge in [0.1, 0.15) is 5.75 Å². The molecule has 1 unspecified atom stereocenters. The summed E-state index contributed by atoms with van der Waals surface area (Å²) in [5.74, 6) is 0.127. The summed E-state index contributed by atoms with van der Waals surface area (Å²) >= 11 is 0. The van der Waals surface area contributed by atoms with E-state index in [0.717, 1.165) is 5.56 Å². The third-order valence-electron chi connectivity index (χ3n) is 3.67. The fraction of sp³-hybridized carbons (Fsp3) is 0.562. The van der Waals surface area contributed by atoms with Gasteiger partial charge in [0.15, 0.2) is 6.61 Å². The Labute approximate surface area is 143 Å². The third kappa shape index (κ3) is 5.77. The second-order valence-corrected chi connectivity index (χ2v) is 7.90. The second-order valence-electron chi connectivity index (χ2n) is 5.81. The Kier molecular flexibility index (Phi) is 6.59. The highest BCUT2D eigenvalue weighted by Gasteiger charge is 2.27. The number of nitrogens with one attached hydrogen (secondary N) is 1. The van der Waals surface area contributed by atoms with Crippen LogP contribution < -0.4 is 10.1 Å². The van der Waals surface area contributed by atoms with E-state index < -0.39 is 10.0 Å². The van der Waals surface area contributed by atoms with Crippen LogP contribution in [0.25, 0.3) is 0 Å². The Morgan fingerprint density at radius 2 is 2.08 bits per heavy atom. The molecule has 1 saturated heterocycles. The summed E-state index contributed by atoms with van der Waals surface area (Å²) in [5, 5.41) is 2.57. The number of ether oxygens (including phenoxy) is 2. The molecular formula is C16H24N2O5S. The Morgan fingerprint density at radius 1 is 1.38 bits per heavy atom. The van der Waals surface area contributed by atoms with Gasteiger partial charge in [0, 0.05) is 19.6 Å². The number of hydrogen-bond donors (Lipinski definition) is 1. The number of hydrogen-bond acceptors (Lipinski definition) is 5. The first-order valence-electron chi connectivity index (χ1n) is 7.92. The summed E-state index contributed by atoms with van der Waals surface area (Å²) in [6.45, 7) is 4.83. The number of carbonyl (C=O) groups is 1. The van der Waals surface area contributed by atoms with Gasteiger partial charge in [-0.25, -0.2) is 8.42 Å². The molecule has 2 rings (SSSR count). The van der Waals surface area contributed by atoms with Crippen LogP contribution in [0.2, 0.25) is 0 Å². The molecule has 1 amide bonds. The molecule has 7 nitrogen and oxygen atoms in total. The van der Waals surface area contributed by atoms with Crippen LogP contribution in [0.15, 0.2) is 24.3 Å². The van der Waals surface area contributed by atoms with E-state index in [1.807, 2.05) is 26.0 Å². The van der Waals surface area contributed by atoms with E-state index in [1.165, 1.54) is 4.31 Å². The first-order chi connectivity index (χ1) is 11.4. The van der Waals surface area contributed by atoms with E-state index in [9.17, 15) is 13.2 Å². The van der Waals surface area contributed by atoms with Gasteiger partial charge in [-0.3, -0.25) is 4.79 Å². The van der Waals surface area contributed by atoms with Gasteiger partial charge in [-0.15, -0.1) is 0 Å². The number of carbonyl (C=O) groups excluding carboxylic acids is 1. The predicted octanol–water partition coefficient (Wildman–Crippen LogP) is 0.541. The molecule has 0 spiro atoms. The molecule has 134 valence electrons. The second kappa shape index (κ2) is 8.46. The van der Waals surface area contributed by atoms with Gasteiger partial charge in [0.05, 0.1) is 18.5 Å². The van der Waals surface area contributed by atoms with Crippen molar-refractivity contribution in [3.8, 4) is 5.75 Å². The number of benzene rings is 1. The van der Waals surface area contributed by atoms with Crippen molar-refractivity contribution in [2.75, 3.05) is 38.6 Å². The number of morpholine rings is 1. The number of nitrogens with zero attached hydrogens (tertiary/aromatic N) is 1. The highest BCUT2D eigenvalue weighted by atomic mass is 32.2. The van der Waals surface area contributed by atoms with Crippen LogP contribution in [0.4, 0.5) is 0 Å². The quantitative estimate of drug-likeness (QED) is 0.771. The van der Waals surface area contributed by atoms with Crippen molar-refractivity contribution < 1.29 is 22.7 Å². The van der Waals surface area contributed by atoms with E-state index in [0.29, 0.717) is 25.4 Å². The smallest absolute Gasteiger partial charge is 0.257 e. The van der Waals surface area contributed by atoms with E-state index >= 15 is 0 Å². The number of aryl methyl sites for hydroxylation is 1. The van der Waals surface area contributed by atoms with Crippen LogP contribution in [0, 0.1) is 6.92 Å². The molecule has 1 aliphatic rings. The maximum absolute atomic E-state index is 12.2. The zero-order valence-corrected chi connectivity index (χ0v) is 14.8. The van der Waals surface area contributed by atoms with Crippen LogP contribution in [-0.2, 0) is 19.6 Å². The summed E-state index contributed by atoms with van der Waals surface area (Å²) in [5.41, 5.74) is 1.11. The van der Waals surface area contributed by atoms with Gasteiger partial charge in [-0.05, 0) is 26.0 Å². The Bertz CT molecular complexity index is 645. The van der Waals surface area contributed by atoms with Crippen molar-refractivity contribution in [1.29, 1.82) is 0 Å². The molecule has 1 N–H and O–H groups in total. The summed E-state index contributed by atoms with van der Waals surface area (Å²) in [7, 11) is -3.39. The molecule has 1 aromatic carbocycles. The van der Waals surface area contributed by atoms with Crippen molar-refractivity contribution in [3.05, 3.63) is 29.8 Å². The van der Waals surface area contributed by atoms with Crippen LogP contribution in [0.5, 0.6) is 5.75 Å². The van der Waals surface area contributed by atoms with Crippen molar-refractivity contribution in [2.45, 2.75) is 20.0 Å². The molecule has 0 aromatic heterocycles. The van der Waals surface area contributed by atoms with E-state index in [1.54, 1.807) is 12.1 Å². The Balaban J connectivity index is 1.70. The van der Waals surface area contributed by atoms with Gasteiger partial charge < -0.3 is 14.8 Å². The average molecular weight is 356 g/mol. The minimum atomic E-state index is -3.39. The van der Waals surface area contributed by atoms with Crippen molar-refractivity contribution >= 4 is 15.9 Å². The summed E-state index contributed by atoms with van der Waals surface area (Å²) < 4.78 is 36.5. The van der Waals surface area contributed by atoms with Gasteiger partial charge in [0.2, 0.25) is 10.0 Å². The van der Waals surface area contributed by atoms with Crippen LogP contribution in [0.3, 0.4) is 0 Å². The highest BCUT2D eigenvalue weighted by molar-refractivity contribution is 7.89. The molecule has 0 radical (unpaired) electrons. The number of sulfonamides is 1. The minimum Gasteiger partial charge on any atom is -0.484 e. The van der Waals surface area contributed by atoms with E-state index in [2.05, 4.69) is 5.32 Å². The monoisotopic (exact) mass is 356 g/mol. The van der Waals surface area contributed by atoms with Crippen LogP contribution in [-0.4, -0.2) is 63.3 Å².